The number of alkyl halides is 3. The number of nitrogens with one attached hydrogen (secondary N) is 1. The van der Waals surface area contributed by atoms with E-state index in [9.17, 15) is 23.2 Å². The van der Waals surface area contributed by atoms with Crippen LogP contribution < -0.4 is 10.1 Å². The van der Waals surface area contributed by atoms with Gasteiger partial charge in [0.15, 0.2) is 0 Å². The molecule has 168 valence electrons. The van der Waals surface area contributed by atoms with Gasteiger partial charge in [0.05, 0.1) is 9.13 Å². The minimum absolute atomic E-state index is 0.0588. The summed E-state index contributed by atoms with van der Waals surface area (Å²) in [5.74, 6) is -0.190. The van der Waals surface area contributed by atoms with Gasteiger partial charge in [-0.25, -0.2) is 0 Å². The van der Waals surface area contributed by atoms with Crippen molar-refractivity contribution in [1.82, 2.24) is 0 Å². The van der Waals surface area contributed by atoms with E-state index in [1.165, 1.54) is 18.2 Å². The van der Waals surface area contributed by atoms with Crippen molar-refractivity contribution in [3.63, 3.8) is 0 Å². The summed E-state index contributed by atoms with van der Waals surface area (Å²) in [6.45, 7) is 0.338. The number of hydrogen-bond donors (Lipinski definition) is 1. The van der Waals surface area contributed by atoms with Crippen LogP contribution in [-0.4, -0.2) is 5.91 Å². The van der Waals surface area contributed by atoms with Crippen LogP contribution in [0.4, 0.5) is 18.9 Å². The Morgan fingerprint density at radius 2 is 1.85 bits per heavy atom. The second-order valence-corrected chi connectivity index (χ2v) is 8.41. The first-order valence-corrected chi connectivity index (χ1v) is 10.9. The fraction of sp³-hybridized carbons (Fsp3) is 0.0833. The number of nitriles is 1. The van der Waals surface area contributed by atoms with Crippen molar-refractivity contribution in [2.75, 3.05) is 5.32 Å². The summed E-state index contributed by atoms with van der Waals surface area (Å²) >= 11 is 7.95. The SMILES string of the molecule is N#C/C(=C/c1ccc(OCc2ccc(Cl)cc2)c(I)c1)C(=O)Nc1cccc(C(F)(F)F)c1. The number of ether oxygens (including phenoxy) is 1. The maximum Gasteiger partial charge on any atom is 0.416 e. The van der Waals surface area contributed by atoms with E-state index < -0.39 is 17.6 Å². The number of rotatable bonds is 6. The van der Waals surface area contributed by atoms with Crippen LogP contribution in [-0.2, 0) is 17.6 Å². The van der Waals surface area contributed by atoms with Crippen LogP contribution in [0.15, 0.2) is 72.3 Å². The molecule has 0 aliphatic rings. The molecule has 0 bridgehead atoms. The summed E-state index contributed by atoms with van der Waals surface area (Å²) in [5.41, 5.74) is 0.298. The molecule has 0 aromatic heterocycles. The molecule has 0 unspecified atom stereocenters. The zero-order valence-electron chi connectivity index (χ0n) is 16.8. The number of carbonyl (C=O) groups excluding carboxylic acids is 1. The third kappa shape index (κ3) is 6.97. The molecular weight excluding hydrogens is 568 g/mol. The van der Waals surface area contributed by atoms with Crippen molar-refractivity contribution in [3.8, 4) is 11.8 Å². The number of amides is 1. The second-order valence-electron chi connectivity index (χ2n) is 6.81. The van der Waals surface area contributed by atoms with Gasteiger partial charge in [0.1, 0.15) is 24.0 Å². The molecule has 1 amide bonds. The highest BCUT2D eigenvalue weighted by Gasteiger charge is 2.30. The Hall–Kier alpha value is -3.03. The zero-order chi connectivity index (χ0) is 24.0. The topological polar surface area (TPSA) is 62.1 Å². The molecule has 0 atom stereocenters. The standard InChI is InChI=1S/C24H15ClF3IN2O2/c25-19-7-4-15(5-8-19)14-33-22-9-6-16(11-21(22)29)10-17(13-30)23(32)31-20-3-1-2-18(12-20)24(26,27)28/h1-12H,14H2,(H,31,32)/b17-10-. The normalized spacial score (nSPS) is 11.6. The third-order valence-corrected chi connectivity index (χ3v) is 5.48. The van der Waals surface area contributed by atoms with Crippen molar-refractivity contribution in [3.05, 3.63) is 97.6 Å². The van der Waals surface area contributed by atoms with Gasteiger partial charge in [0.2, 0.25) is 0 Å². The Bertz CT molecular complexity index is 1240. The average molecular weight is 583 g/mol. The summed E-state index contributed by atoms with van der Waals surface area (Å²) in [6, 6.07) is 18.4. The van der Waals surface area contributed by atoms with Gasteiger partial charge in [-0.05, 0) is 82.3 Å². The Morgan fingerprint density at radius 3 is 2.48 bits per heavy atom. The molecule has 0 aliphatic heterocycles. The minimum atomic E-state index is -4.54. The molecule has 1 N–H and O–H groups in total. The maximum absolute atomic E-state index is 12.9. The Morgan fingerprint density at radius 1 is 1.12 bits per heavy atom. The number of nitrogens with zero attached hydrogens (tertiary/aromatic N) is 1. The summed E-state index contributed by atoms with van der Waals surface area (Å²) in [5, 5.41) is 12.3. The maximum atomic E-state index is 12.9. The molecule has 0 saturated carbocycles. The molecule has 0 radical (unpaired) electrons. The quantitative estimate of drug-likeness (QED) is 0.192. The van der Waals surface area contributed by atoms with Crippen molar-refractivity contribution >= 4 is 51.9 Å². The summed E-state index contributed by atoms with van der Waals surface area (Å²) in [7, 11) is 0. The lowest BCUT2D eigenvalue weighted by Crippen LogP contribution is -2.14. The largest absolute Gasteiger partial charge is 0.488 e. The van der Waals surface area contributed by atoms with Crippen molar-refractivity contribution in [2.24, 2.45) is 0 Å². The van der Waals surface area contributed by atoms with Gasteiger partial charge in [0, 0.05) is 10.7 Å². The van der Waals surface area contributed by atoms with E-state index in [-0.39, 0.29) is 11.3 Å². The molecule has 0 heterocycles. The molecule has 3 aromatic rings. The second kappa shape index (κ2) is 10.7. The zero-order valence-corrected chi connectivity index (χ0v) is 19.7. The van der Waals surface area contributed by atoms with Crippen LogP contribution in [0.5, 0.6) is 5.75 Å². The average Bonchev–Trinajstić information content (AvgIpc) is 2.77. The highest BCUT2D eigenvalue weighted by molar-refractivity contribution is 14.1. The molecule has 0 aliphatic carbocycles. The van der Waals surface area contributed by atoms with E-state index in [1.54, 1.807) is 36.4 Å². The van der Waals surface area contributed by atoms with Crippen molar-refractivity contribution < 1.29 is 22.7 Å². The van der Waals surface area contributed by atoms with Gasteiger partial charge >= 0.3 is 6.18 Å². The monoisotopic (exact) mass is 582 g/mol. The van der Waals surface area contributed by atoms with Gasteiger partial charge < -0.3 is 10.1 Å². The molecule has 4 nitrogen and oxygen atoms in total. The molecule has 3 aromatic carbocycles. The van der Waals surface area contributed by atoms with Crippen LogP contribution in [0.1, 0.15) is 16.7 Å². The molecular formula is C24H15ClF3IN2O2. The van der Waals surface area contributed by atoms with Crippen LogP contribution >= 0.6 is 34.2 Å². The van der Waals surface area contributed by atoms with Gasteiger partial charge in [-0.15, -0.1) is 0 Å². The predicted octanol–water partition coefficient (Wildman–Crippen LogP) is 7.09. The van der Waals surface area contributed by atoms with Crippen molar-refractivity contribution in [2.45, 2.75) is 12.8 Å². The van der Waals surface area contributed by atoms with Crippen LogP contribution in [0.3, 0.4) is 0 Å². The lowest BCUT2D eigenvalue weighted by molar-refractivity contribution is -0.137. The summed E-state index contributed by atoms with van der Waals surface area (Å²) < 4.78 is 45.1. The first kappa shape index (κ1) is 24.6. The first-order chi connectivity index (χ1) is 15.7. The summed E-state index contributed by atoms with van der Waals surface area (Å²) in [6.07, 6.45) is -3.18. The third-order valence-electron chi connectivity index (χ3n) is 4.39. The Balaban J connectivity index is 1.71. The predicted molar refractivity (Wildman–Crippen MR) is 129 cm³/mol. The number of anilines is 1. The van der Waals surface area contributed by atoms with E-state index in [0.717, 1.165) is 21.3 Å². The van der Waals surface area contributed by atoms with Gasteiger partial charge in [-0.1, -0.05) is 35.9 Å². The lowest BCUT2D eigenvalue weighted by atomic mass is 10.1. The number of halogens is 5. The van der Waals surface area contributed by atoms with Crippen LogP contribution in [0.2, 0.25) is 5.02 Å². The fourth-order valence-corrected chi connectivity index (χ4v) is 3.57. The number of benzene rings is 3. The Kier molecular flexibility index (Phi) is 8.00. The number of carbonyl (C=O) groups is 1. The van der Waals surface area contributed by atoms with Crippen LogP contribution in [0.25, 0.3) is 6.08 Å². The molecule has 9 heteroatoms. The highest BCUT2D eigenvalue weighted by Crippen LogP contribution is 2.31. The molecule has 3 rings (SSSR count). The van der Waals surface area contributed by atoms with Gasteiger partial charge in [-0.2, -0.15) is 18.4 Å². The van der Waals surface area contributed by atoms with Gasteiger partial charge in [0.25, 0.3) is 5.91 Å². The van der Waals surface area contributed by atoms with E-state index in [4.69, 9.17) is 16.3 Å². The highest BCUT2D eigenvalue weighted by atomic mass is 127. The first-order valence-electron chi connectivity index (χ1n) is 9.43. The minimum Gasteiger partial charge on any atom is -0.488 e. The molecule has 33 heavy (non-hydrogen) atoms. The lowest BCUT2D eigenvalue weighted by Gasteiger charge is -2.10. The molecule has 0 saturated heterocycles. The Labute approximate surface area is 206 Å². The van der Waals surface area contributed by atoms with E-state index in [0.29, 0.717) is 22.9 Å². The van der Waals surface area contributed by atoms with Crippen molar-refractivity contribution in [1.29, 1.82) is 5.26 Å². The fourth-order valence-electron chi connectivity index (χ4n) is 2.75. The molecule has 0 spiro atoms. The van der Waals surface area contributed by atoms with E-state index in [2.05, 4.69) is 27.9 Å². The van der Waals surface area contributed by atoms with E-state index >= 15 is 0 Å². The van der Waals surface area contributed by atoms with Crippen LogP contribution in [0, 0.1) is 14.9 Å². The number of hydrogen-bond acceptors (Lipinski definition) is 3. The van der Waals surface area contributed by atoms with E-state index in [1.807, 2.05) is 12.1 Å². The molecule has 0 fully saturated rings. The smallest absolute Gasteiger partial charge is 0.416 e. The summed E-state index contributed by atoms with van der Waals surface area (Å²) in [4.78, 5) is 12.4. The van der Waals surface area contributed by atoms with Gasteiger partial charge in [-0.3, -0.25) is 4.79 Å².